The highest BCUT2D eigenvalue weighted by molar-refractivity contribution is 5.97. The summed E-state index contributed by atoms with van der Waals surface area (Å²) in [6, 6.07) is 7.44. The molecule has 3 N–H and O–H groups in total. The average Bonchev–Trinajstić information content (AvgIpc) is 2.72. The Hall–Kier alpha value is -2.30. The van der Waals surface area contributed by atoms with Crippen molar-refractivity contribution in [1.82, 2.24) is 9.78 Å². The van der Waals surface area contributed by atoms with Crippen LogP contribution >= 0.6 is 0 Å². The van der Waals surface area contributed by atoms with Crippen molar-refractivity contribution in [2.45, 2.75) is 27.2 Å². The van der Waals surface area contributed by atoms with E-state index in [1.807, 2.05) is 35.9 Å². The van der Waals surface area contributed by atoms with Crippen molar-refractivity contribution in [2.75, 3.05) is 0 Å². The van der Waals surface area contributed by atoms with Gasteiger partial charge in [0.2, 0.25) is 0 Å². The zero-order valence-electron chi connectivity index (χ0n) is 11.4. The fraction of sp³-hybridized carbons (Fsp3) is 0.286. The second kappa shape index (κ2) is 5.14. The number of nitrogens with two attached hydrogens (primary N) is 1. The van der Waals surface area contributed by atoms with E-state index in [4.69, 9.17) is 10.9 Å². The molecule has 19 heavy (non-hydrogen) atoms. The molecule has 0 saturated carbocycles. The normalized spacial score (nSPS) is 11.8. The van der Waals surface area contributed by atoms with Crippen LogP contribution in [0.5, 0.6) is 0 Å². The quantitative estimate of drug-likeness (QED) is 0.383. The van der Waals surface area contributed by atoms with Gasteiger partial charge in [-0.15, -0.1) is 0 Å². The molecule has 0 aliphatic heterocycles. The molecular weight excluding hydrogens is 240 g/mol. The summed E-state index contributed by atoms with van der Waals surface area (Å²) < 4.78 is 1.92. The van der Waals surface area contributed by atoms with Crippen molar-refractivity contribution in [3.8, 4) is 5.69 Å². The second-order valence-electron chi connectivity index (χ2n) is 4.45. The molecule has 0 fully saturated rings. The molecule has 0 bridgehead atoms. The lowest BCUT2D eigenvalue weighted by molar-refractivity contribution is 0.318. The molecule has 0 amide bonds. The van der Waals surface area contributed by atoms with Gasteiger partial charge in [0.15, 0.2) is 5.84 Å². The van der Waals surface area contributed by atoms with Gasteiger partial charge in [-0.2, -0.15) is 5.10 Å². The molecule has 0 aliphatic rings. The molecule has 2 aromatic rings. The first kappa shape index (κ1) is 13.1. The Kier molecular flexibility index (Phi) is 3.55. The van der Waals surface area contributed by atoms with Crippen molar-refractivity contribution in [3.05, 3.63) is 46.8 Å². The van der Waals surface area contributed by atoms with Crippen LogP contribution in [-0.2, 0) is 6.42 Å². The maximum Gasteiger partial charge on any atom is 0.170 e. The number of oxime groups is 1. The number of hydrogen-bond acceptors (Lipinski definition) is 3. The van der Waals surface area contributed by atoms with Crippen LogP contribution in [0.1, 0.15) is 29.4 Å². The smallest absolute Gasteiger partial charge is 0.170 e. The Morgan fingerprint density at radius 1 is 1.32 bits per heavy atom. The first-order valence-corrected chi connectivity index (χ1v) is 6.22. The summed E-state index contributed by atoms with van der Waals surface area (Å²) in [5.41, 5.74) is 10.7. The van der Waals surface area contributed by atoms with Gasteiger partial charge >= 0.3 is 0 Å². The van der Waals surface area contributed by atoms with Crippen LogP contribution in [0.15, 0.2) is 29.4 Å². The van der Waals surface area contributed by atoms with E-state index in [1.165, 1.54) is 5.56 Å². The summed E-state index contributed by atoms with van der Waals surface area (Å²) >= 11 is 0. The van der Waals surface area contributed by atoms with Gasteiger partial charge < -0.3 is 10.9 Å². The number of nitrogens with zero attached hydrogens (tertiary/aromatic N) is 3. The third kappa shape index (κ3) is 2.31. The summed E-state index contributed by atoms with van der Waals surface area (Å²) in [7, 11) is 0. The number of aromatic nitrogens is 2. The summed E-state index contributed by atoms with van der Waals surface area (Å²) in [6.45, 7) is 6.21. The van der Waals surface area contributed by atoms with Crippen LogP contribution in [0.25, 0.3) is 5.69 Å². The van der Waals surface area contributed by atoms with Gasteiger partial charge in [-0.3, -0.25) is 0 Å². The predicted molar refractivity (Wildman–Crippen MR) is 74.9 cm³/mol. The molecule has 1 aromatic carbocycles. The minimum atomic E-state index is 0.106. The molecule has 0 radical (unpaired) electrons. The second-order valence-corrected chi connectivity index (χ2v) is 4.45. The van der Waals surface area contributed by atoms with E-state index in [0.717, 1.165) is 23.5 Å². The highest BCUT2D eigenvalue weighted by Gasteiger charge is 2.11. The van der Waals surface area contributed by atoms with Crippen molar-refractivity contribution < 1.29 is 5.21 Å². The first-order valence-electron chi connectivity index (χ1n) is 6.22. The van der Waals surface area contributed by atoms with E-state index in [9.17, 15) is 0 Å². The zero-order chi connectivity index (χ0) is 14.0. The average molecular weight is 258 g/mol. The number of rotatable bonds is 3. The Labute approximate surface area is 112 Å². The number of aryl methyl sites for hydroxylation is 1. The molecule has 100 valence electrons. The molecule has 0 saturated heterocycles. The van der Waals surface area contributed by atoms with Gasteiger partial charge in [-0.1, -0.05) is 12.1 Å². The third-order valence-electron chi connectivity index (χ3n) is 3.31. The molecule has 0 spiro atoms. The number of benzene rings is 1. The van der Waals surface area contributed by atoms with Crippen molar-refractivity contribution in [3.63, 3.8) is 0 Å². The summed E-state index contributed by atoms with van der Waals surface area (Å²) in [4.78, 5) is 0. The lowest BCUT2D eigenvalue weighted by Crippen LogP contribution is -2.13. The lowest BCUT2D eigenvalue weighted by atomic mass is 10.1. The fourth-order valence-corrected chi connectivity index (χ4v) is 2.27. The third-order valence-corrected chi connectivity index (χ3v) is 3.31. The maximum absolute atomic E-state index is 8.64. The van der Waals surface area contributed by atoms with E-state index in [1.54, 1.807) is 0 Å². The topological polar surface area (TPSA) is 76.4 Å². The van der Waals surface area contributed by atoms with Gasteiger partial charge in [-0.05, 0) is 50.1 Å². The van der Waals surface area contributed by atoms with Crippen LogP contribution in [0.3, 0.4) is 0 Å². The van der Waals surface area contributed by atoms with Gasteiger partial charge in [-0.25, -0.2) is 4.68 Å². The number of amidine groups is 1. The van der Waals surface area contributed by atoms with Crippen LogP contribution in [0, 0.1) is 13.8 Å². The molecule has 0 atom stereocenters. The van der Waals surface area contributed by atoms with Crippen molar-refractivity contribution >= 4 is 5.84 Å². The fourth-order valence-electron chi connectivity index (χ4n) is 2.27. The summed E-state index contributed by atoms with van der Waals surface area (Å²) in [6.07, 6.45) is 0.972. The highest BCUT2D eigenvalue weighted by Crippen LogP contribution is 2.18. The molecule has 1 heterocycles. The van der Waals surface area contributed by atoms with Gasteiger partial charge in [0.1, 0.15) is 0 Å². The van der Waals surface area contributed by atoms with E-state index in [-0.39, 0.29) is 5.84 Å². The molecule has 1 aromatic heterocycles. The molecule has 2 rings (SSSR count). The first-order chi connectivity index (χ1) is 9.08. The van der Waals surface area contributed by atoms with E-state index >= 15 is 0 Å². The summed E-state index contributed by atoms with van der Waals surface area (Å²) in [5.74, 6) is 0.106. The van der Waals surface area contributed by atoms with Crippen LogP contribution in [0.4, 0.5) is 0 Å². The Bertz CT molecular complexity index is 611. The zero-order valence-corrected chi connectivity index (χ0v) is 11.4. The van der Waals surface area contributed by atoms with Crippen LogP contribution in [0.2, 0.25) is 0 Å². The van der Waals surface area contributed by atoms with E-state index in [0.29, 0.717) is 5.56 Å². The van der Waals surface area contributed by atoms with Crippen LogP contribution < -0.4 is 5.73 Å². The molecule has 0 unspecified atom stereocenters. The van der Waals surface area contributed by atoms with Crippen molar-refractivity contribution in [1.29, 1.82) is 0 Å². The Balaban J connectivity index is 2.43. The Morgan fingerprint density at radius 3 is 2.42 bits per heavy atom. The SMILES string of the molecule is CCc1c(C)nn(-c2ccc(C(N)=NO)cc2)c1C. The van der Waals surface area contributed by atoms with Crippen molar-refractivity contribution in [2.24, 2.45) is 10.9 Å². The number of hydrogen-bond donors (Lipinski definition) is 2. The predicted octanol–water partition coefficient (Wildman–Crippen LogP) is 2.15. The largest absolute Gasteiger partial charge is 0.409 e. The Morgan fingerprint density at radius 2 is 1.95 bits per heavy atom. The van der Waals surface area contributed by atoms with Gasteiger partial charge in [0.25, 0.3) is 0 Å². The molecule has 5 nitrogen and oxygen atoms in total. The molecule has 5 heteroatoms. The van der Waals surface area contributed by atoms with E-state index < -0.39 is 0 Å². The maximum atomic E-state index is 8.64. The van der Waals surface area contributed by atoms with Gasteiger partial charge in [0, 0.05) is 11.3 Å². The standard InChI is InChI=1S/C14H18N4O/c1-4-13-9(2)16-18(10(13)3)12-7-5-11(6-8-12)14(15)17-19/h5-8,19H,4H2,1-3H3,(H2,15,17). The monoisotopic (exact) mass is 258 g/mol. The lowest BCUT2D eigenvalue weighted by Gasteiger charge is -2.06. The summed E-state index contributed by atoms with van der Waals surface area (Å²) in [5, 5.41) is 16.2. The van der Waals surface area contributed by atoms with Crippen LogP contribution in [-0.4, -0.2) is 20.8 Å². The van der Waals surface area contributed by atoms with E-state index in [2.05, 4.69) is 24.1 Å². The highest BCUT2D eigenvalue weighted by atomic mass is 16.4. The minimum absolute atomic E-state index is 0.106. The molecular formula is C14H18N4O. The van der Waals surface area contributed by atoms with Gasteiger partial charge in [0.05, 0.1) is 11.4 Å². The molecule has 0 aliphatic carbocycles. The minimum Gasteiger partial charge on any atom is -0.409 e.